The molecule has 8 nitrogen and oxygen atoms in total. The van der Waals surface area contributed by atoms with E-state index in [1.165, 1.54) is 28.6 Å². The maximum absolute atomic E-state index is 12.7. The highest BCUT2D eigenvalue weighted by Gasteiger charge is 2.24. The highest BCUT2D eigenvalue weighted by atomic mass is 32.2. The number of benzene rings is 1. The molecule has 0 fully saturated rings. The number of amides is 4. The number of fused-ring (bicyclic) bond motifs is 1. The first-order chi connectivity index (χ1) is 12.3. The van der Waals surface area contributed by atoms with Gasteiger partial charge in [0.05, 0.1) is 13.1 Å². The molecule has 1 aliphatic heterocycles. The maximum atomic E-state index is 12.7. The summed E-state index contributed by atoms with van der Waals surface area (Å²) in [6.45, 7) is -0.366. The molecule has 0 saturated carbocycles. The van der Waals surface area contributed by atoms with Crippen molar-refractivity contribution < 1.29 is 19.2 Å². The van der Waals surface area contributed by atoms with Crippen molar-refractivity contribution in [3.8, 4) is 0 Å². The molecule has 4 amide bonds. The van der Waals surface area contributed by atoms with Gasteiger partial charge in [0, 0.05) is 31.2 Å². The molecule has 1 aromatic rings. The highest BCUT2D eigenvalue weighted by molar-refractivity contribution is 7.98. The molecule has 0 bridgehead atoms. The summed E-state index contributed by atoms with van der Waals surface area (Å²) in [5, 5.41) is 2.56. The van der Waals surface area contributed by atoms with Crippen LogP contribution in [0.4, 0.5) is 0 Å². The van der Waals surface area contributed by atoms with Crippen LogP contribution in [-0.4, -0.2) is 72.4 Å². The van der Waals surface area contributed by atoms with E-state index in [-0.39, 0.29) is 30.7 Å². The lowest BCUT2D eigenvalue weighted by Gasteiger charge is -2.24. The minimum Gasteiger partial charge on any atom is -0.368 e. The first kappa shape index (κ1) is 19.8. The van der Waals surface area contributed by atoms with Gasteiger partial charge in [0.15, 0.2) is 0 Å². The van der Waals surface area contributed by atoms with Gasteiger partial charge in [0.25, 0.3) is 5.91 Å². The molecule has 3 N–H and O–H groups in total. The molecule has 0 aliphatic carbocycles. The number of carbonyl (C=O) groups excluding carboxylic acids is 4. The van der Waals surface area contributed by atoms with E-state index in [0.717, 1.165) is 5.56 Å². The summed E-state index contributed by atoms with van der Waals surface area (Å²) in [6, 6.07) is 6.28. The van der Waals surface area contributed by atoms with Crippen LogP contribution in [0.15, 0.2) is 24.3 Å². The zero-order valence-electron chi connectivity index (χ0n) is 14.7. The SMILES string of the molecule is CN1CC(=O)NC(C(N)=O)CSCc2ccccc2C(=O)N(C)CC1=O. The third kappa shape index (κ3) is 4.98. The molecule has 0 aromatic heterocycles. The van der Waals surface area contributed by atoms with Crippen molar-refractivity contribution in [2.45, 2.75) is 11.8 Å². The lowest BCUT2D eigenvalue weighted by atomic mass is 10.1. The molecule has 9 heteroatoms. The maximum Gasteiger partial charge on any atom is 0.254 e. The Morgan fingerprint density at radius 2 is 1.85 bits per heavy atom. The van der Waals surface area contributed by atoms with E-state index in [4.69, 9.17) is 5.73 Å². The lowest BCUT2D eigenvalue weighted by Crippen LogP contribution is -2.50. The molecule has 0 saturated heterocycles. The minimum absolute atomic E-state index is 0.149. The number of likely N-dealkylation sites (N-methyl/N-ethyl adjacent to an activating group) is 2. The second-order valence-electron chi connectivity index (χ2n) is 6.11. The molecule has 0 radical (unpaired) electrons. The second kappa shape index (κ2) is 8.70. The number of carbonyl (C=O) groups is 4. The van der Waals surface area contributed by atoms with Gasteiger partial charge in [-0.2, -0.15) is 11.8 Å². The first-order valence-electron chi connectivity index (χ1n) is 8.03. The average Bonchev–Trinajstić information content (AvgIpc) is 2.59. The van der Waals surface area contributed by atoms with Gasteiger partial charge in [-0.15, -0.1) is 0 Å². The molecule has 26 heavy (non-hydrogen) atoms. The fourth-order valence-corrected chi connectivity index (χ4v) is 3.55. The third-order valence-corrected chi connectivity index (χ3v) is 5.08. The highest BCUT2D eigenvalue weighted by Crippen LogP contribution is 2.19. The predicted molar refractivity (Wildman–Crippen MR) is 98.3 cm³/mol. The van der Waals surface area contributed by atoms with Crippen molar-refractivity contribution in [1.82, 2.24) is 15.1 Å². The van der Waals surface area contributed by atoms with Gasteiger partial charge in [-0.25, -0.2) is 0 Å². The fraction of sp³-hybridized carbons (Fsp3) is 0.412. The van der Waals surface area contributed by atoms with Gasteiger partial charge in [-0.3, -0.25) is 19.2 Å². The Hall–Kier alpha value is -2.55. The zero-order chi connectivity index (χ0) is 19.3. The van der Waals surface area contributed by atoms with E-state index in [9.17, 15) is 19.2 Å². The summed E-state index contributed by atoms with van der Waals surface area (Å²) in [5.74, 6) is -1.01. The van der Waals surface area contributed by atoms with Crippen LogP contribution < -0.4 is 11.1 Å². The van der Waals surface area contributed by atoms with Crippen LogP contribution in [-0.2, 0) is 20.1 Å². The Morgan fingerprint density at radius 1 is 1.15 bits per heavy atom. The average molecular weight is 378 g/mol. The molecule has 1 heterocycles. The summed E-state index contributed by atoms with van der Waals surface area (Å²) in [4.78, 5) is 51.1. The van der Waals surface area contributed by atoms with Gasteiger partial charge in [-0.05, 0) is 11.6 Å². The van der Waals surface area contributed by atoms with E-state index < -0.39 is 17.9 Å². The van der Waals surface area contributed by atoms with Crippen molar-refractivity contribution in [1.29, 1.82) is 0 Å². The van der Waals surface area contributed by atoms with Gasteiger partial charge < -0.3 is 20.9 Å². The number of nitrogens with zero attached hydrogens (tertiary/aromatic N) is 2. The number of rotatable bonds is 1. The molecule has 140 valence electrons. The monoisotopic (exact) mass is 378 g/mol. The quantitative estimate of drug-likeness (QED) is 0.680. The molecule has 1 aromatic carbocycles. The van der Waals surface area contributed by atoms with E-state index >= 15 is 0 Å². The number of nitrogens with two attached hydrogens (primary N) is 1. The Kier molecular flexibility index (Phi) is 6.62. The van der Waals surface area contributed by atoms with Crippen LogP contribution in [0.5, 0.6) is 0 Å². The van der Waals surface area contributed by atoms with Crippen LogP contribution in [0.2, 0.25) is 0 Å². The smallest absolute Gasteiger partial charge is 0.254 e. The van der Waals surface area contributed by atoms with Crippen molar-refractivity contribution in [2.75, 3.05) is 32.9 Å². The fourth-order valence-electron chi connectivity index (χ4n) is 2.48. The van der Waals surface area contributed by atoms with Crippen LogP contribution in [0.3, 0.4) is 0 Å². The number of hydrogen-bond acceptors (Lipinski definition) is 5. The number of thioether (sulfide) groups is 1. The predicted octanol–water partition coefficient (Wildman–Crippen LogP) is -0.566. The number of nitrogens with one attached hydrogen (secondary N) is 1. The summed E-state index contributed by atoms with van der Waals surface area (Å²) in [7, 11) is 3.01. The molecule has 2 rings (SSSR count). The number of hydrogen-bond donors (Lipinski definition) is 2. The van der Waals surface area contributed by atoms with Crippen molar-refractivity contribution in [3.05, 3.63) is 35.4 Å². The van der Waals surface area contributed by atoms with Crippen LogP contribution in [0.1, 0.15) is 15.9 Å². The van der Waals surface area contributed by atoms with E-state index in [1.54, 1.807) is 19.2 Å². The molecule has 1 aliphatic rings. The summed E-state index contributed by atoms with van der Waals surface area (Å²) in [5.41, 5.74) is 6.66. The first-order valence-corrected chi connectivity index (χ1v) is 9.18. The summed E-state index contributed by atoms with van der Waals surface area (Å²) < 4.78 is 0. The zero-order valence-corrected chi connectivity index (χ0v) is 15.5. The molecule has 1 atom stereocenters. The summed E-state index contributed by atoms with van der Waals surface area (Å²) >= 11 is 1.40. The minimum atomic E-state index is -0.843. The van der Waals surface area contributed by atoms with Crippen LogP contribution in [0.25, 0.3) is 0 Å². The third-order valence-electron chi connectivity index (χ3n) is 3.99. The van der Waals surface area contributed by atoms with E-state index in [1.807, 2.05) is 12.1 Å². The standard InChI is InChI=1S/C17H22N4O4S/c1-20-7-14(22)19-13(16(18)24)10-26-9-11-5-3-4-6-12(11)17(25)21(2)8-15(20)23/h3-6,13H,7-10H2,1-2H3,(H2,18,24)(H,19,22). The topological polar surface area (TPSA) is 113 Å². The van der Waals surface area contributed by atoms with Gasteiger partial charge >= 0.3 is 0 Å². The second-order valence-corrected chi connectivity index (χ2v) is 7.14. The Balaban J connectivity index is 2.31. The van der Waals surface area contributed by atoms with Crippen molar-refractivity contribution in [3.63, 3.8) is 0 Å². The Bertz CT molecular complexity index is 724. The van der Waals surface area contributed by atoms with E-state index in [0.29, 0.717) is 11.3 Å². The van der Waals surface area contributed by atoms with Crippen molar-refractivity contribution >= 4 is 35.4 Å². The number of primary amides is 1. The summed E-state index contributed by atoms with van der Waals surface area (Å²) in [6.07, 6.45) is 0. The van der Waals surface area contributed by atoms with Gasteiger partial charge in [0.1, 0.15) is 6.04 Å². The normalized spacial score (nSPS) is 20.2. The van der Waals surface area contributed by atoms with Gasteiger partial charge in [-0.1, -0.05) is 18.2 Å². The Labute approximate surface area is 156 Å². The van der Waals surface area contributed by atoms with Crippen LogP contribution in [0, 0.1) is 0 Å². The van der Waals surface area contributed by atoms with Gasteiger partial charge in [0.2, 0.25) is 17.7 Å². The molecule has 1 unspecified atom stereocenters. The largest absolute Gasteiger partial charge is 0.368 e. The van der Waals surface area contributed by atoms with Crippen molar-refractivity contribution in [2.24, 2.45) is 5.73 Å². The van der Waals surface area contributed by atoms with E-state index in [2.05, 4.69) is 5.32 Å². The molecule has 0 spiro atoms. The van der Waals surface area contributed by atoms with Crippen LogP contribution >= 0.6 is 11.8 Å². The molecular weight excluding hydrogens is 356 g/mol. The lowest BCUT2D eigenvalue weighted by molar-refractivity contribution is -0.135. The Morgan fingerprint density at radius 3 is 2.54 bits per heavy atom. The molecular formula is C17H22N4O4S.